The zero-order valence-corrected chi connectivity index (χ0v) is 11.7. The molecule has 0 aromatic carbocycles. The number of carbonyl (C=O) groups excluding carboxylic acids is 2. The maximum absolute atomic E-state index is 11.7. The highest BCUT2D eigenvalue weighted by Crippen LogP contribution is 2.18. The minimum absolute atomic E-state index is 0.327. The first-order chi connectivity index (χ1) is 9.58. The summed E-state index contributed by atoms with van der Waals surface area (Å²) in [5, 5.41) is 2.88. The van der Waals surface area contributed by atoms with E-state index >= 15 is 0 Å². The smallest absolute Gasteiger partial charge is 0.349 e. The number of methoxy groups -OCH3 is 1. The highest BCUT2D eigenvalue weighted by atomic mass is 32.1. The van der Waals surface area contributed by atoms with E-state index < -0.39 is 5.97 Å². The van der Waals surface area contributed by atoms with Crippen molar-refractivity contribution in [2.45, 2.75) is 6.92 Å². The van der Waals surface area contributed by atoms with Crippen molar-refractivity contribution in [1.82, 2.24) is 4.98 Å². The highest BCUT2D eigenvalue weighted by molar-refractivity contribution is 7.17. The van der Waals surface area contributed by atoms with E-state index in [1.807, 2.05) is 6.92 Å². The standard InChI is InChI=1S/C13H12N2O4S/c1-8-3-4-9(19-8)5-6-11(16)15-13-14-7-10(20-13)12(17)18-2/h3-7H,1-2H3,(H,14,15,16)/b6-5+. The van der Waals surface area contributed by atoms with E-state index in [-0.39, 0.29) is 5.91 Å². The third-order valence-corrected chi connectivity index (χ3v) is 3.18. The quantitative estimate of drug-likeness (QED) is 0.691. The number of nitrogens with one attached hydrogen (secondary N) is 1. The number of anilines is 1. The number of rotatable bonds is 4. The van der Waals surface area contributed by atoms with Crippen molar-refractivity contribution < 1.29 is 18.7 Å². The van der Waals surface area contributed by atoms with Gasteiger partial charge in [-0.25, -0.2) is 9.78 Å². The Morgan fingerprint density at radius 1 is 1.45 bits per heavy atom. The van der Waals surface area contributed by atoms with Crippen LogP contribution in [-0.2, 0) is 9.53 Å². The summed E-state index contributed by atoms with van der Waals surface area (Å²) in [4.78, 5) is 27.1. The van der Waals surface area contributed by atoms with Gasteiger partial charge in [0.15, 0.2) is 5.13 Å². The van der Waals surface area contributed by atoms with Crippen molar-refractivity contribution in [1.29, 1.82) is 0 Å². The Kier molecular flexibility index (Phi) is 4.31. The third kappa shape index (κ3) is 3.55. The molecular formula is C13H12N2O4S. The van der Waals surface area contributed by atoms with Gasteiger partial charge in [0.1, 0.15) is 16.4 Å². The zero-order valence-electron chi connectivity index (χ0n) is 10.9. The molecule has 2 rings (SSSR count). The highest BCUT2D eigenvalue weighted by Gasteiger charge is 2.11. The predicted octanol–water partition coefficient (Wildman–Crippen LogP) is 2.48. The molecule has 0 atom stereocenters. The van der Waals surface area contributed by atoms with Crippen LogP contribution in [0, 0.1) is 6.92 Å². The summed E-state index contributed by atoms with van der Waals surface area (Å²) < 4.78 is 9.85. The lowest BCUT2D eigenvalue weighted by molar-refractivity contribution is -0.111. The average Bonchev–Trinajstić information content (AvgIpc) is 3.05. The van der Waals surface area contributed by atoms with Crippen LogP contribution in [0.25, 0.3) is 6.08 Å². The number of carbonyl (C=O) groups is 2. The van der Waals surface area contributed by atoms with E-state index in [0.717, 1.165) is 17.1 Å². The van der Waals surface area contributed by atoms with Gasteiger partial charge in [0, 0.05) is 6.08 Å². The number of thiazole rings is 1. The summed E-state index contributed by atoms with van der Waals surface area (Å²) in [6.07, 6.45) is 4.24. The van der Waals surface area contributed by atoms with Crippen LogP contribution in [-0.4, -0.2) is 24.0 Å². The molecule has 0 aliphatic rings. The summed E-state index contributed by atoms with van der Waals surface area (Å²) in [6.45, 7) is 1.82. The minimum atomic E-state index is -0.482. The summed E-state index contributed by atoms with van der Waals surface area (Å²) in [6, 6.07) is 3.57. The van der Waals surface area contributed by atoms with Crippen LogP contribution in [0.15, 0.2) is 28.8 Å². The van der Waals surface area contributed by atoms with Gasteiger partial charge in [0.25, 0.3) is 0 Å². The fourth-order valence-electron chi connectivity index (χ4n) is 1.37. The molecule has 0 spiro atoms. The van der Waals surface area contributed by atoms with Crippen LogP contribution in [0.5, 0.6) is 0 Å². The number of esters is 1. The topological polar surface area (TPSA) is 81.4 Å². The molecule has 1 N–H and O–H groups in total. The van der Waals surface area contributed by atoms with Gasteiger partial charge in [-0.1, -0.05) is 11.3 Å². The Morgan fingerprint density at radius 3 is 2.90 bits per heavy atom. The summed E-state index contributed by atoms with van der Waals surface area (Å²) in [5.74, 6) is 0.522. The van der Waals surface area contributed by atoms with Gasteiger partial charge in [-0.2, -0.15) is 0 Å². The second-order valence-corrected chi connectivity index (χ2v) is 4.82. The maximum atomic E-state index is 11.7. The molecule has 2 aromatic rings. The van der Waals surface area contributed by atoms with Crippen molar-refractivity contribution in [2.24, 2.45) is 0 Å². The first-order valence-electron chi connectivity index (χ1n) is 5.68. The van der Waals surface area contributed by atoms with Gasteiger partial charge in [-0.15, -0.1) is 0 Å². The van der Waals surface area contributed by atoms with Gasteiger partial charge < -0.3 is 9.15 Å². The molecule has 0 aliphatic carbocycles. The molecule has 0 saturated carbocycles. The molecule has 0 aliphatic heterocycles. The zero-order chi connectivity index (χ0) is 14.5. The van der Waals surface area contributed by atoms with Crippen molar-refractivity contribution in [2.75, 3.05) is 12.4 Å². The fourth-order valence-corrected chi connectivity index (χ4v) is 2.11. The molecule has 104 valence electrons. The van der Waals surface area contributed by atoms with E-state index in [1.54, 1.807) is 18.2 Å². The average molecular weight is 292 g/mol. The Bertz CT molecular complexity index is 657. The Balaban J connectivity index is 1.96. The van der Waals surface area contributed by atoms with Gasteiger partial charge in [0.05, 0.1) is 13.3 Å². The number of aromatic nitrogens is 1. The molecule has 0 saturated heterocycles. The van der Waals surface area contributed by atoms with Crippen LogP contribution >= 0.6 is 11.3 Å². The monoisotopic (exact) mass is 292 g/mol. The van der Waals surface area contributed by atoms with Crippen LogP contribution in [0.1, 0.15) is 21.2 Å². The number of amides is 1. The normalized spacial score (nSPS) is 10.7. The SMILES string of the molecule is COC(=O)c1cnc(NC(=O)/C=C/c2ccc(C)o2)s1. The second kappa shape index (κ2) is 6.16. The van der Waals surface area contributed by atoms with Gasteiger partial charge in [-0.3, -0.25) is 10.1 Å². The van der Waals surface area contributed by atoms with E-state index in [9.17, 15) is 9.59 Å². The molecule has 0 fully saturated rings. The van der Waals surface area contributed by atoms with E-state index in [2.05, 4.69) is 15.0 Å². The molecule has 2 heterocycles. The first-order valence-corrected chi connectivity index (χ1v) is 6.50. The largest absolute Gasteiger partial charge is 0.465 e. The van der Waals surface area contributed by atoms with Crippen LogP contribution < -0.4 is 5.32 Å². The number of furan rings is 1. The van der Waals surface area contributed by atoms with Crippen molar-refractivity contribution >= 4 is 34.4 Å². The minimum Gasteiger partial charge on any atom is -0.465 e. The number of ether oxygens (including phenoxy) is 1. The molecule has 0 bridgehead atoms. The van der Waals surface area contributed by atoms with E-state index in [4.69, 9.17) is 4.42 Å². The van der Waals surface area contributed by atoms with Gasteiger partial charge in [-0.05, 0) is 25.1 Å². The molecule has 1 amide bonds. The van der Waals surface area contributed by atoms with Crippen LogP contribution in [0.4, 0.5) is 5.13 Å². The second-order valence-electron chi connectivity index (χ2n) is 3.79. The summed E-state index contributed by atoms with van der Waals surface area (Å²) in [5.41, 5.74) is 0. The lowest BCUT2D eigenvalue weighted by Gasteiger charge is -1.95. The third-order valence-electron chi connectivity index (χ3n) is 2.28. The Labute approximate surface area is 119 Å². The Hall–Kier alpha value is -2.41. The number of hydrogen-bond donors (Lipinski definition) is 1. The molecule has 0 radical (unpaired) electrons. The van der Waals surface area contributed by atoms with E-state index in [1.165, 1.54) is 19.4 Å². The molecular weight excluding hydrogens is 280 g/mol. The molecule has 7 heteroatoms. The first kappa shape index (κ1) is 14.0. The molecule has 2 aromatic heterocycles. The molecule has 20 heavy (non-hydrogen) atoms. The number of aryl methyl sites for hydroxylation is 1. The van der Waals surface area contributed by atoms with Gasteiger partial charge >= 0.3 is 5.97 Å². The maximum Gasteiger partial charge on any atom is 0.349 e. The fraction of sp³-hybridized carbons (Fsp3) is 0.154. The van der Waals surface area contributed by atoms with E-state index in [0.29, 0.717) is 15.8 Å². The number of hydrogen-bond acceptors (Lipinski definition) is 6. The molecule has 0 unspecified atom stereocenters. The lowest BCUT2D eigenvalue weighted by Crippen LogP contribution is -2.07. The van der Waals surface area contributed by atoms with Crippen LogP contribution in [0.3, 0.4) is 0 Å². The Morgan fingerprint density at radius 2 is 2.25 bits per heavy atom. The van der Waals surface area contributed by atoms with Crippen molar-refractivity contribution in [3.8, 4) is 0 Å². The number of nitrogens with zero attached hydrogens (tertiary/aromatic N) is 1. The summed E-state index contributed by atoms with van der Waals surface area (Å²) in [7, 11) is 1.29. The predicted molar refractivity (Wildman–Crippen MR) is 74.6 cm³/mol. The molecule has 6 nitrogen and oxygen atoms in total. The van der Waals surface area contributed by atoms with Crippen LogP contribution in [0.2, 0.25) is 0 Å². The van der Waals surface area contributed by atoms with Gasteiger partial charge in [0.2, 0.25) is 5.91 Å². The van der Waals surface area contributed by atoms with Crippen molar-refractivity contribution in [3.05, 3.63) is 40.8 Å². The lowest BCUT2D eigenvalue weighted by atomic mass is 10.4. The van der Waals surface area contributed by atoms with Crippen molar-refractivity contribution in [3.63, 3.8) is 0 Å². The summed E-state index contributed by atoms with van der Waals surface area (Å²) >= 11 is 1.04.